The molecule has 3 heterocycles. The summed E-state index contributed by atoms with van der Waals surface area (Å²) in [5.41, 5.74) is 0.591. The molecule has 0 unspecified atom stereocenters. The number of aromatic nitrogens is 3. The Labute approximate surface area is 104 Å². The Morgan fingerprint density at radius 2 is 2.39 bits per heavy atom. The van der Waals surface area contributed by atoms with E-state index in [0.717, 1.165) is 13.1 Å². The Bertz CT molecular complexity index is 603. The largest absolute Gasteiger partial charge is 0.376 e. The van der Waals surface area contributed by atoms with Crippen molar-refractivity contribution in [3.63, 3.8) is 0 Å². The fourth-order valence-electron chi connectivity index (χ4n) is 2.27. The molecule has 0 saturated carbocycles. The SMILES string of the molecule is C[C@@H]1CN(Cn2nc3ccccn3c2=O)CCO1. The van der Waals surface area contributed by atoms with Crippen LogP contribution in [0.2, 0.25) is 0 Å². The summed E-state index contributed by atoms with van der Waals surface area (Å²) < 4.78 is 8.55. The van der Waals surface area contributed by atoms with Gasteiger partial charge < -0.3 is 4.74 Å². The van der Waals surface area contributed by atoms with Gasteiger partial charge in [0.2, 0.25) is 0 Å². The maximum Gasteiger partial charge on any atom is 0.351 e. The van der Waals surface area contributed by atoms with Crippen molar-refractivity contribution >= 4 is 5.65 Å². The molecule has 0 spiro atoms. The molecule has 3 rings (SSSR count). The summed E-state index contributed by atoms with van der Waals surface area (Å²) in [6, 6.07) is 5.54. The predicted octanol–water partition coefficient (Wildman–Crippen LogP) is 0.174. The fraction of sp³-hybridized carbons (Fsp3) is 0.500. The van der Waals surface area contributed by atoms with Crippen molar-refractivity contribution in [1.82, 2.24) is 19.1 Å². The maximum atomic E-state index is 12.1. The number of fused-ring (bicyclic) bond motifs is 1. The molecule has 2 aromatic heterocycles. The Morgan fingerprint density at radius 3 is 3.17 bits per heavy atom. The van der Waals surface area contributed by atoms with Gasteiger partial charge in [0, 0.05) is 19.3 Å². The van der Waals surface area contributed by atoms with E-state index in [4.69, 9.17) is 4.74 Å². The first-order chi connectivity index (χ1) is 8.74. The molecule has 96 valence electrons. The van der Waals surface area contributed by atoms with Gasteiger partial charge in [-0.3, -0.25) is 9.30 Å². The molecule has 1 aliphatic rings. The minimum atomic E-state index is -0.0928. The van der Waals surface area contributed by atoms with Crippen LogP contribution in [0.4, 0.5) is 0 Å². The van der Waals surface area contributed by atoms with E-state index in [-0.39, 0.29) is 11.8 Å². The smallest absolute Gasteiger partial charge is 0.351 e. The average molecular weight is 248 g/mol. The lowest BCUT2D eigenvalue weighted by atomic mass is 10.3. The van der Waals surface area contributed by atoms with Crippen LogP contribution in [0, 0.1) is 0 Å². The van der Waals surface area contributed by atoms with E-state index >= 15 is 0 Å². The maximum absolute atomic E-state index is 12.1. The van der Waals surface area contributed by atoms with Gasteiger partial charge in [0.05, 0.1) is 19.4 Å². The van der Waals surface area contributed by atoms with Gasteiger partial charge in [-0.25, -0.2) is 4.79 Å². The van der Waals surface area contributed by atoms with E-state index < -0.39 is 0 Å². The predicted molar refractivity (Wildman–Crippen MR) is 66.4 cm³/mol. The lowest BCUT2D eigenvalue weighted by Gasteiger charge is -2.30. The highest BCUT2D eigenvalue weighted by molar-refractivity contribution is 5.35. The molecular weight excluding hydrogens is 232 g/mol. The third kappa shape index (κ3) is 2.04. The number of hydrogen-bond donors (Lipinski definition) is 0. The zero-order chi connectivity index (χ0) is 12.5. The Kier molecular flexibility index (Phi) is 2.89. The number of nitrogens with zero attached hydrogens (tertiary/aromatic N) is 4. The molecule has 18 heavy (non-hydrogen) atoms. The minimum Gasteiger partial charge on any atom is -0.376 e. The van der Waals surface area contributed by atoms with Gasteiger partial charge in [-0.15, -0.1) is 5.10 Å². The average Bonchev–Trinajstić information content (AvgIpc) is 2.67. The summed E-state index contributed by atoms with van der Waals surface area (Å²) in [5, 5.41) is 4.32. The highest BCUT2D eigenvalue weighted by atomic mass is 16.5. The Balaban J connectivity index is 1.86. The van der Waals surface area contributed by atoms with Gasteiger partial charge in [0.1, 0.15) is 0 Å². The second-order valence-corrected chi connectivity index (χ2v) is 4.61. The van der Waals surface area contributed by atoms with Gasteiger partial charge in [-0.05, 0) is 19.1 Å². The molecular formula is C12H16N4O2. The molecule has 1 atom stereocenters. The molecule has 0 amide bonds. The first-order valence-corrected chi connectivity index (χ1v) is 6.12. The standard InChI is InChI=1S/C12H16N4O2/c1-10-8-14(6-7-18-10)9-16-12(17)15-5-3-2-4-11(15)13-16/h2-5,10H,6-9H2,1H3/t10-/m1/s1. The van der Waals surface area contributed by atoms with Crippen LogP contribution in [0.1, 0.15) is 6.92 Å². The lowest BCUT2D eigenvalue weighted by Crippen LogP contribution is -2.43. The minimum absolute atomic E-state index is 0.0928. The van der Waals surface area contributed by atoms with Crippen molar-refractivity contribution in [1.29, 1.82) is 0 Å². The summed E-state index contributed by atoms with van der Waals surface area (Å²) in [5.74, 6) is 0. The zero-order valence-corrected chi connectivity index (χ0v) is 10.3. The zero-order valence-electron chi connectivity index (χ0n) is 10.3. The number of ether oxygens (including phenoxy) is 1. The molecule has 2 aromatic rings. The summed E-state index contributed by atoms with van der Waals surface area (Å²) in [6.45, 7) is 4.95. The molecule has 0 bridgehead atoms. The van der Waals surface area contributed by atoms with Crippen molar-refractivity contribution in [2.45, 2.75) is 19.7 Å². The molecule has 6 heteroatoms. The monoisotopic (exact) mass is 248 g/mol. The first kappa shape index (κ1) is 11.4. The van der Waals surface area contributed by atoms with Crippen LogP contribution in [0.5, 0.6) is 0 Å². The summed E-state index contributed by atoms with van der Waals surface area (Å²) in [7, 11) is 0. The number of morpholine rings is 1. The third-order valence-corrected chi connectivity index (χ3v) is 3.15. The van der Waals surface area contributed by atoms with Crippen LogP contribution in [0.15, 0.2) is 29.2 Å². The van der Waals surface area contributed by atoms with Gasteiger partial charge in [-0.2, -0.15) is 4.68 Å². The van der Waals surface area contributed by atoms with E-state index in [1.807, 2.05) is 25.1 Å². The van der Waals surface area contributed by atoms with Crippen molar-refractivity contribution in [3.05, 3.63) is 34.9 Å². The second kappa shape index (κ2) is 4.55. The van der Waals surface area contributed by atoms with E-state index in [2.05, 4.69) is 10.00 Å². The molecule has 0 N–H and O–H groups in total. The van der Waals surface area contributed by atoms with Crippen molar-refractivity contribution < 1.29 is 4.74 Å². The fourth-order valence-corrected chi connectivity index (χ4v) is 2.27. The second-order valence-electron chi connectivity index (χ2n) is 4.61. The molecule has 1 aliphatic heterocycles. The molecule has 6 nitrogen and oxygen atoms in total. The van der Waals surface area contributed by atoms with Crippen LogP contribution in [-0.2, 0) is 11.4 Å². The van der Waals surface area contributed by atoms with Crippen molar-refractivity contribution in [2.75, 3.05) is 19.7 Å². The number of rotatable bonds is 2. The lowest BCUT2D eigenvalue weighted by molar-refractivity contribution is -0.0308. The van der Waals surface area contributed by atoms with E-state index in [1.165, 1.54) is 4.68 Å². The van der Waals surface area contributed by atoms with Gasteiger partial charge >= 0.3 is 5.69 Å². The van der Waals surface area contributed by atoms with Crippen LogP contribution >= 0.6 is 0 Å². The van der Waals surface area contributed by atoms with Gasteiger partial charge in [-0.1, -0.05) is 6.07 Å². The first-order valence-electron chi connectivity index (χ1n) is 6.12. The Morgan fingerprint density at radius 1 is 1.50 bits per heavy atom. The van der Waals surface area contributed by atoms with Gasteiger partial charge in [0.25, 0.3) is 0 Å². The summed E-state index contributed by atoms with van der Waals surface area (Å²) in [6.07, 6.45) is 1.95. The number of hydrogen-bond acceptors (Lipinski definition) is 4. The highest BCUT2D eigenvalue weighted by Crippen LogP contribution is 2.05. The van der Waals surface area contributed by atoms with Crippen molar-refractivity contribution in [3.8, 4) is 0 Å². The quantitative estimate of drug-likeness (QED) is 0.760. The van der Waals surface area contributed by atoms with Crippen LogP contribution in [0.3, 0.4) is 0 Å². The summed E-state index contributed by atoms with van der Waals surface area (Å²) in [4.78, 5) is 14.3. The van der Waals surface area contributed by atoms with Crippen LogP contribution < -0.4 is 5.69 Å². The van der Waals surface area contributed by atoms with E-state index in [1.54, 1.807) is 10.6 Å². The van der Waals surface area contributed by atoms with Crippen molar-refractivity contribution in [2.24, 2.45) is 0 Å². The van der Waals surface area contributed by atoms with E-state index in [0.29, 0.717) is 18.9 Å². The molecule has 1 fully saturated rings. The van der Waals surface area contributed by atoms with E-state index in [9.17, 15) is 4.79 Å². The summed E-state index contributed by atoms with van der Waals surface area (Å²) >= 11 is 0. The Hall–Kier alpha value is -1.66. The third-order valence-electron chi connectivity index (χ3n) is 3.15. The normalized spacial score (nSPS) is 21.5. The van der Waals surface area contributed by atoms with Gasteiger partial charge in [0.15, 0.2) is 5.65 Å². The molecule has 0 aromatic carbocycles. The number of pyridine rings is 1. The molecule has 0 radical (unpaired) electrons. The van der Waals surface area contributed by atoms with Crippen LogP contribution in [-0.4, -0.2) is 44.9 Å². The highest BCUT2D eigenvalue weighted by Gasteiger charge is 2.18. The molecule has 1 saturated heterocycles. The molecule has 0 aliphatic carbocycles. The van der Waals surface area contributed by atoms with Crippen LogP contribution in [0.25, 0.3) is 5.65 Å². The topological polar surface area (TPSA) is 51.8 Å².